The third-order valence-corrected chi connectivity index (χ3v) is 4.29. The average molecular weight is 299 g/mol. The molecule has 102 valence electrons. The molecule has 0 fully saturated rings. The lowest BCUT2D eigenvalue weighted by atomic mass is 10.2. The van der Waals surface area contributed by atoms with Gasteiger partial charge in [-0.2, -0.15) is 0 Å². The number of hydrogen-bond donors (Lipinski definition) is 0. The normalized spacial score (nSPS) is 12.4. The number of rotatable bonds is 5. The van der Waals surface area contributed by atoms with Crippen molar-refractivity contribution in [3.8, 4) is 5.75 Å². The van der Waals surface area contributed by atoms with Crippen molar-refractivity contribution < 1.29 is 8.95 Å². The summed E-state index contributed by atoms with van der Waals surface area (Å²) >= 11 is 6.04. The van der Waals surface area contributed by atoms with E-state index in [2.05, 4.69) is 4.98 Å². The SMILES string of the molecule is COc1ccc(C[S@](=O)Cc2nccn2C)cc1Cl. The summed E-state index contributed by atoms with van der Waals surface area (Å²) in [5.41, 5.74) is 0.929. The number of methoxy groups -OCH3 is 1. The maximum atomic E-state index is 12.1. The molecule has 1 aromatic carbocycles. The van der Waals surface area contributed by atoms with Gasteiger partial charge in [-0.05, 0) is 17.7 Å². The number of imidazole rings is 1. The molecule has 6 heteroatoms. The van der Waals surface area contributed by atoms with E-state index in [1.807, 2.05) is 23.9 Å². The number of aryl methyl sites for hydroxylation is 1. The van der Waals surface area contributed by atoms with Crippen LogP contribution in [0.4, 0.5) is 0 Å². The van der Waals surface area contributed by atoms with Crippen LogP contribution in [0, 0.1) is 0 Å². The van der Waals surface area contributed by atoms with Crippen molar-refractivity contribution in [1.82, 2.24) is 9.55 Å². The van der Waals surface area contributed by atoms with Crippen molar-refractivity contribution in [2.24, 2.45) is 7.05 Å². The van der Waals surface area contributed by atoms with E-state index in [1.54, 1.807) is 25.4 Å². The summed E-state index contributed by atoms with van der Waals surface area (Å²) < 4.78 is 19.0. The van der Waals surface area contributed by atoms with Gasteiger partial charge < -0.3 is 9.30 Å². The van der Waals surface area contributed by atoms with Crippen molar-refractivity contribution in [3.63, 3.8) is 0 Å². The zero-order valence-electron chi connectivity index (χ0n) is 10.8. The van der Waals surface area contributed by atoms with E-state index >= 15 is 0 Å². The van der Waals surface area contributed by atoms with Gasteiger partial charge in [0.1, 0.15) is 11.6 Å². The first kappa shape index (κ1) is 14.1. The van der Waals surface area contributed by atoms with Crippen LogP contribution < -0.4 is 4.74 Å². The van der Waals surface area contributed by atoms with Crippen molar-refractivity contribution in [2.75, 3.05) is 7.11 Å². The molecule has 0 aliphatic rings. The molecule has 1 aromatic heterocycles. The van der Waals surface area contributed by atoms with Crippen molar-refractivity contribution >= 4 is 22.4 Å². The van der Waals surface area contributed by atoms with Gasteiger partial charge in [-0.1, -0.05) is 17.7 Å². The van der Waals surface area contributed by atoms with Gasteiger partial charge in [0, 0.05) is 36.0 Å². The van der Waals surface area contributed by atoms with Gasteiger partial charge in [-0.25, -0.2) is 4.98 Å². The smallest absolute Gasteiger partial charge is 0.137 e. The molecular formula is C13H15ClN2O2S. The van der Waals surface area contributed by atoms with Crippen LogP contribution in [0.25, 0.3) is 0 Å². The molecule has 4 nitrogen and oxygen atoms in total. The number of aromatic nitrogens is 2. The van der Waals surface area contributed by atoms with Gasteiger partial charge in [0.25, 0.3) is 0 Å². The third-order valence-electron chi connectivity index (χ3n) is 2.75. The van der Waals surface area contributed by atoms with Gasteiger partial charge in [0.05, 0.1) is 17.9 Å². The van der Waals surface area contributed by atoms with E-state index in [0.717, 1.165) is 11.4 Å². The van der Waals surface area contributed by atoms with Crippen LogP contribution >= 0.6 is 11.6 Å². The highest BCUT2D eigenvalue weighted by molar-refractivity contribution is 7.83. The third kappa shape index (κ3) is 3.58. The molecule has 0 radical (unpaired) electrons. The summed E-state index contributed by atoms with van der Waals surface area (Å²) in [6.07, 6.45) is 3.55. The first-order valence-corrected chi connectivity index (χ1v) is 7.60. The largest absolute Gasteiger partial charge is 0.495 e. The molecule has 0 aliphatic heterocycles. The molecule has 2 rings (SSSR count). The second-order valence-corrected chi connectivity index (χ2v) is 6.02. The van der Waals surface area contributed by atoms with Crippen LogP contribution in [0.1, 0.15) is 11.4 Å². The van der Waals surface area contributed by atoms with Gasteiger partial charge in [0.2, 0.25) is 0 Å². The Bertz CT molecular complexity index is 598. The van der Waals surface area contributed by atoms with E-state index < -0.39 is 10.8 Å². The highest BCUT2D eigenvalue weighted by Gasteiger charge is 2.09. The summed E-state index contributed by atoms with van der Waals surface area (Å²) in [5, 5.41) is 0.536. The summed E-state index contributed by atoms with van der Waals surface area (Å²) in [7, 11) is 2.45. The molecule has 0 aliphatic carbocycles. The van der Waals surface area contributed by atoms with Crippen molar-refractivity contribution in [3.05, 3.63) is 47.0 Å². The Hall–Kier alpha value is -1.33. The average Bonchev–Trinajstić information content (AvgIpc) is 2.75. The van der Waals surface area contributed by atoms with Crippen LogP contribution in [0.15, 0.2) is 30.6 Å². The fraction of sp³-hybridized carbons (Fsp3) is 0.308. The van der Waals surface area contributed by atoms with Gasteiger partial charge in [0.15, 0.2) is 0 Å². The van der Waals surface area contributed by atoms with Crippen LogP contribution in [0.5, 0.6) is 5.75 Å². The summed E-state index contributed by atoms with van der Waals surface area (Å²) in [5.74, 6) is 2.34. The van der Waals surface area contributed by atoms with Crippen LogP contribution in [-0.4, -0.2) is 20.9 Å². The minimum Gasteiger partial charge on any atom is -0.495 e. The standard InChI is InChI=1S/C13H15ClN2O2S/c1-16-6-5-15-13(16)9-19(17)8-10-3-4-12(18-2)11(14)7-10/h3-7H,8-9H2,1-2H3/t19-/m0/s1. The molecule has 0 bridgehead atoms. The molecule has 2 aromatic rings. The number of benzene rings is 1. The molecule has 0 N–H and O–H groups in total. The lowest BCUT2D eigenvalue weighted by molar-refractivity contribution is 0.415. The predicted molar refractivity (Wildman–Crippen MR) is 76.8 cm³/mol. The summed E-state index contributed by atoms with van der Waals surface area (Å²) in [4.78, 5) is 4.17. The van der Waals surface area contributed by atoms with E-state index in [-0.39, 0.29) is 0 Å². The Balaban J connectivity index is 2.03. The van der Waals surface area contributed by atoms with Gasteiger partial charge >= 0.3 is 0 Å². The first-order chi connectivity index (χ1) is 9.10. The van der Waals surface area contributed by atoms with E-state index in [0.29, 0.717) is 22.3 Å². The molecule has 0 spiro atoms. The first-order valence-electron chi connectivity index (χ1n) is 5.73. The highest BCUT2D eigenvalue weighted by Crippen LogP contribution is 2.25. The number of halogens is 1. The van der Waals surface area contributed by atoms with E-state index in [4.69, 9.17) is 16.3 Å². The monoisotopic (exact) mass is 298 g/mol. The topological polar surface area (TPSA) is 44.1 Å². The molecular weight excluding hydrogens is 284 g/mol. The van der Waals surface area contributed by atoms with Crippen molar-refractivity contribution in [2.45, 2.75) is 11.5 Å². The van der Waals surface area contributed by atoms with E-state index in [1.165, 1.54) is 0 Å². The zero-order valence-corrected chi connectivity index (χ0v) is 12.4. The number of nitrogens with zero attached hydrogens (tertiary/aromatic N) is 2. The van der Waals surface area contributed by atoms with Crippen LogP contribution in [-0.2, 0) is 29.4 Å². The number of ether oxygens (including phenoxy) is 1. The Morgan fingerprint density at radius 1 is 1.42 bits per heavy atom. The van der Waals surface area contributed by atoms with Crippen LogP contribution in [0.2, 0.25) is 5.02 Å². The highest BCUT2D eigenvalue weighted by atomic mass is 35.5. The molecule has 0 amide bonds. The number of hydrogen-bond acceptors (Lipinski definition) is 3. The maximum absolute atomic E-state index is 12.1. The van der Waals surface area contributed by atoms with Crippen molar-refractivity contribution in [1.29, 1.82) is 0 Å². The lowest BCUT2D eigenvalue weighted by Crippen LogP contribution is -2.05. The molecule has 19 heavy (non-hydrogen) atoms. The fourth-order valence-corrected chi connectivity index (χ4v) is 3.22. The molecule has 0 saturated carbocycles. The van der Waals surface area contributed by atoms with Gasteiger partial charge in [-0.15, -0.1) is 0 Å². The van der Waals surface area contributed by atoms with Crippen LogP contribution in [0.3, 0.4) is 0 Å². The summed E-state index contributed by atoms with van der Waals surface area (Å²) in [6.45, 7) is 0. The predicted octanol–water partition coefficient (Wildman–Crippen LogP) is 2.53. The maximum Gasteiger partial charge on any atom is 0.137 e. The minimum absolute atomic E-state index is 0.438. The van der Waals surface area contributed by atoms with Gasteiger partial charge in [-0.3, -0.25) is 4.21 Å². The molecule has 1 atom stereocenters. The summed E-state index contributed by atoms with van der Waals surface area (Å²) in [6, 6.07) is 5.45. The fourth-order valence-electron chi connectivity index (χ4n) is 1.72. The second-order valence-electron chi connectivity index (χ2n) is 4.15. The minimum atomic E-state index is -1.01. The Morgan fingerprint density at radius 2 is 2.21 bits per heavy atom. The van der Waals surface area contributed by atoms with E-state index in [9.17, 15) is 4.21 Å². The molecule has 1 heterocycles. The Morgan fingerprint density at radius 3 is 2.79 bits per heavy atom. The second kappa shape index (κ2) is 6.21. The zero-order chi connectivity index (χ0) is 13.8. The quantitative estimate of drug-likeness (QED) is 0.852. The lowest BCUT2D eigenvalue weighted by Gasteiger charge is -2.06. The Kier molecular flexibility index (Phi) is 4.61. The Labute approximate surface area is 119 Å². The molecule has 0 saturated heterocycles. The molecule has 0 unspecified atom stereocenters.